The van der Waals surface area contributed by atoms with Crippen molar-refractivity contribution in [3.05, 3.63) is 40.9 Å². The molecule has 1 fully saturated rings. The Morgan fingerprint density at radius 1 is 1.44 bits per heavy atom. The highest BCUT2D eigenvalue weighted by atomic mass is 16.5. The van der Waals surface area contributed by atoms with Gasteiger partial charge in [0.15, 0.2) is 0 Å². The molecule has 0 unspecified atom stereocenters. The van der Waals surface area contributed by atoms with Gasteiger partial charge in [0.2, 0.25) is 11.8 Å². The van der Waals surface area contributed by atoms with E-state index in [0.29, 0.717) is 18.1 Å². The molecular weight excluding hydrogens is 320 g/mol. The van der Waals surface area contributed by atoms with Gasteiger partial charge in [-0.05, 0) is 25.8 Å². The van der Waals surface area contributed by atoms with Crippen LogP contribution in [0.3, 0.4) is 0 Å². The Balaban J connectivity index is 1.48. The van der Waals surface area contributed by atoms with E-state index in [1.807, 2.05) is 32.2 Å². The Morgan fingerprint density at radius 3 is 2.92 bits per heavy atom. The number of amides is 1. The van der Waals surface area contributed by atoms with Crippen molar-refractivity contribution in [2.45, 2.75) is 39.3 Å². The molecule has 7 heteroatoms. The average Bonchev–Trinajstić information content (AvgIpc) is 3.16. The Bertz CT molecular complexity index is 707. The minimum Gasteiger partial charge on any atom is -0.481 e. The molecule has 0 saturated carbocycles. The third-order valence-corrected chi connectivity index (χ3v) is 4.57. The summed E-state index contributed by atoms with van der Waals surface area (Å²) in [5.41, 5.74) is 2.81. The summed E-state index contributed by atoms with van der Waals surface area (Å²) in [4.78, 5) is 18.8. The maximum Gasteiger partial charge on any atom is 0.224 e. The first kappa shape index (κ1) is 17.4. The van der Waals surface area contributed by atoms with Crippen molar-refractivity contribution in [1.29, 1.82) is 0 Å². The van der Waals surface area contributed by atoms with Crippen LogP contribution in [0.1, 0.15) is 29.0 Å². The van der Waals surface area contributed by atoms with Gasteiger partial charge in [-0.1, -0.05) is 11.2 Å². The first-order valence-electron chi connectivity index (χ1n) is 8.47. The molecule has 0 radical (unpaired) electrons. The number of pyridine rings is 1. The van der Waals surface area contributed by atoms with Crippen molar-refractivity contribution in [3.8, 4) is 5.88 Å². The lowest BCUT2D eigenvalue weighted by Crippen LogP contribution is -2.38. The fourth-order valence-electron chi connectivity index (χ4n) is 3.17. The van der Waals surface area contributed by atoms with Gasteiger partial charge in [0.1, 0.15) is 5.76 Å². The molecule has 1 saturated heterocycles. The molecule has 2 aromatic heterocycles. The number of likely N-dealkylation sites (tertiary alicyclic amines) is 1. The monoisotopic (exact) mass is 344 g/mol. The molecule has 1 aliphatic heterocycles. The minimum atomic E-state index is 0.0207. The van der Waals surface area contributed by atoms with Crippen LogP contribution in [0.15, 0.2) is 22.9 Å². The molecule has 0 spiro atoms. The van der Waals surface area contributed by atoms with Crippen LogP contribution in [0.25, 0.3) is 0 Å². The number of carbonyl (C=O) groups is 1. The summed E-state index contributed by atoms with van der Waals surface area (Å²) in [5, 5.41) is 7.01. The van der Waals surface area contributed by atoms with Crippen LogP contribution >= 0.6 is 0 Å². The molecule has 3 heterocycles. The molecule has 25 heavy (non-hydrogen) atoms. The number of aryl methyl sites for hydroxylation is 2. The molecule has 0 bridgehead atoms. The van der Waals surface area contributed by atoms with Crippen molar-refractivity contribution in [2.75, 3.05) is 20.2 Å². The van der Waals surface area contributed by atoms with E-state index in [1.165, 1.54) is 0 Å². The molecule has 1 N–H and O–H groups in total. The third-order valence-electron chi connectivity index (χ3n) is 4.57. The minimum absolute atomic E-state index is 0.0207. The van der Waals surface area contributed by atoms with Gasteiger partial charge >= 0.3 is 0 Å². The zero-order valence-corrected chi connectivity index (χ0v) is 14.9. The smallest absolute Gasteiger partial charge is 0.224 e. The zero-order chi connectivity index (χ0) is 17.8. The Labute approximate surface area is 147 Å². The van der Waals surface area contributed by atoms with Crippen LogP contribution in [0.4, 0.5) is 0 Å². The van der Waals surface area contributed by atoms with Gasteiger partial charge in [-0.25, -0.2) is 4.98 Å². The van der Waals surface area contributed by atoms with Crippen LogP contribution in [0.5, 0.6) is 5.88 Å². The van der Waals surface area contributed by atoms with E-state index in [-0.39, 0.29) is 11.9 Å². The number of hydrogen-bond acceptors (Lipinski definition) is 6. The van der Waals surface area contributed by atoms with Crippen molar-refractivity contribution < 1.29 is 14.1 Å². The molecule has 1 aliphatic rings. The fourth-order valence-corrected chi connectivity index (χ4v) is 3.17. The summed E-state index contributed by atoms with van der Waals surface area (Å²) >= 11 is 0. The van der Waals surface area contributed by atoms with E-state index in [0.717, 1.165) is 42.9 Å². The highest BCUT2D eigenvalue weighted by molar-refractivity contribution is 5.79. The first-order chi connectivity index (χ1) is 12.0. The topological polar surface area (TPSA) is 80.5 Å². The number of aromatic nitrogens is 2. The number of ether oxygens (including phenoxy) is 1. The summed E-state index contributed by atoms with van der Waals surface area (Å²) in [5.74, 6) is 1.36. The molecule has 134 valence electrons. The molecule has 0 aromatic carbocycles. The summed E-state index contributed by atoms with van der Waals surface area (Å²) in [6, 6.07) is 4.07. The van der Waals surface area contributed by atoms with Crippen molar-refractivity contribution in [2.24, 2.45) is 0 Å². The lowest BCUT2D eigenvalue weighted by atomic mass is 10.1. The van der Waals surface area contributed by atoms with Crippen LogP contribution in [0.2, 0.25) is 0 Å². The van der Waals surface area contributed by atoms with E-state index in [1.54, 1.807) is 7.11 Å². The second kappa shape index (κ2) is 7.65. The van der Waals surface area contributed by atoms with Crippen molar-refractivity contribution in [3.63, 3.8) is 0 Å². The van der Waals surface area contributed by atoms with E-state index in [9.17, 15) is 4.79 Å². The van der Waals surface area contributed by atoms with Crippen molar-refractivity contribution in [1.82, 2.24) is 20.4 Å². The van der Waals surface area contributed by atoms with Gasteiger partial charge in [0, 0.05) is 43.5 Å². The second-order valence-electron chi connectivity index (χ2n) is 6.48. The Morgan fingerprint density at radius 2 is 2.28 bits per heavy atom. The predicted octanol–water partition coefficient (Wildman–Crippen LogP) is 1.63. The molecular formula is C18H24N4O3. The fraction of sp³-hybridized carbons (Fsp3) is 0.500. The quantitative estimate of drug-likeness (QED) is 0.858. The molecule has 3 rings (SSSR count). The Hall–Kier alpha value is -2.41. The first-order valence-corrected chi connectivity index (χ1v) is 8.47. The maximum atomic E-state index is 12.3. The van der Waals surface area contributed by atoms with E-state index in [4.69, 9.17) is 9.26 Å². The lowest BCUT2D eigenvalue weighted by molar-refractivity contribution is -0.121. The van der Waals surface area contributed by atoms with Crippen LogP contribution < -0.4 is 10.1 Å². The maximum absolute atomic E-state index is 12.3. The molecule has 7 nitrogen and oxygen atoms in total. The van der Waals surface area contributed by atoms with Crippen molar-refractivity contribution >= 4 is 5.91 Å². The Kier molecular flexibility index (Phi) is 5.33. The number of nitrogens with one attached hydrogen (secondary N) is 1. The van der Waals surface area contributed by atoms with E-state index in [2.05, 4.69) is 20.4 Å². The number of carbonyl (C=O) groups excluding carboxylic acids is 1. The third kappa shape index (κ3) is 4.36. The molecule has 2 aromatic rings. The summed E-state index contributed by atoms with van der Waals surface area (Å²) in [6.45, 7) is 6.33. The van der Waals surface area contributed by atoms with Crippen LogP contribution in [-0.4, -0.2) is 47.2 Å². The molecule has 0 aliphatic carbocycles. The lowest BCUT2D eigenvalue weighted by Gasteiger charge is -2.16. The summed E-state index contributed by atoms with van der Waals surface area (Å²) < 4.78 is 10.2. The van der Waals surface area contributed by atoms with Gasteiger partial charge < -0.3 is 14.6 Å². The zero-order valence-electron chi connectivity index (χ0n) is 14.9. The summed E-state index contributed by atoms with van der Waals surface area (Å²) in [7, 11) is 1.61. The highest BCUT2D eigenvalue weighted by Crippen LogP contribution is 2.16. The number of hydrogen-bond donors (Lipinski definition) is 1. The SMILES string of the molecule is COc1ccc(CN2CC[C@H](NC(=O)Cc3c(C)noc3C)C2)cn1. The van der Waals surface area contributed by atoms with E-state index >= 15 is 0 Å². The predicted molar refractivity (Wildman–Crippen MR) is 92.3 cm³/mol. The van der Waals surface area contributed by atoms with Gasteiger partial charge in [-0.2, -0.15) is 0 Å². The number of nitrogens with zero attached hydrogens (tertiary/aromatic N) is 3. The van der Waals surface area contributed by atoms with Gasteiger partial charge in [-0.15, -0.1) is 0 Å². The number of methoxy groups -OCH3 is 1. The van der Waals surface area contributed by atoms with Crippen LogP contribution in [0, 0.1) is 13.8 Å². The molecule has 1 amide bonds. The van der Waals surface area contributed by atoms with Gasteiger partial charge in [0.05, 0.1) is 19.2 Å². The van der Waals surface area contributed by atoms with Gasteiger partial charge in [0.25, 0.3) is 0 Å². The van der Waals surface area contributed by atoms with Crippen LogP contribution in [-0.2, 0) is 17.8 Å². The standard InChI is InChI=1S/C18H24N4O3/c1-12-16(13(2)25-21-12)8-17(23)20-15-6-7-22(11-15)10-14-4-5-18(24-3)19-9-14/h4-5,9,15H,6-8,10-11H2,1-3H3,(H,20,23)/t15-/m0/s1. The largest absolute Gasteiger partial charge is 0.481 e. The average molecular weight is 344 g/mol. The molecule has 1 atom stereocenters. The van der Waals surface area contributed by atoms with Gasteiger partial charge in [-0.3, -0.25) is 9.69 Å². The second-order valence-corrected chi connectivity index (χ2v) is 6.48. The number of rotatable bonds is 6. The summed E-state index contributed by atoms with van der Waals surface area (Å²) in [6.07, 6.45) is 3.11. The highest BCUT2D eigenvalue weighted by Gasteiger charge is 2.24. The normalized spacial score (nSPS) is 17.6. The van der Waals surface area contributed by atoms with E-state index < -0.39 is 0 Å².